The number of Topliss-reactive ketones (excluding diaryl/α,β-unsaturated/α-hetero) is 1. The Bertz CT molecular complexity index is 476. The first-order valence-corrected chi connectivity index (χ1v) is 6.09. The third-order valence-electron chi connectivity index (χ3n) is 2.24. The highest BCUT2D eigenvalue weighted by Gasteiger charge is 2.19. The number of ketones is 1. The van der Waals surface area contributed by atoms with Gasteiger partial charge in [0.2, 0.25) is 0 Å². The molecule has 0 bridgehead atoms. The second kappa shape index (κ2) is 5.84. The summed E-state index contributed by atoms with van der Waals surface area (Å²) in [5, 5.41) is 2.57. The fourth-order valence-corrected chi connectivity index (χ4v) is 1.47. The van der Waals surface area contributed by atoms with Crippen molar-refractivity contribution in [1.82, 2.24) is 0 Å². The largest absolute Gasteiger partial charge is 0.444 e. The van der Waals surface area contributed by atoms with Crippen LogP contribution in [0.25, 0.3) is 0 Å². The van der Waals surface area contributed by atoms with Crippen LogP contribution in [-0.2, 0) is 4.74 Å². The molecule has 1 aromatic carbocycles. The molecule has 0 aliphatic carbocycles. The van der Waals surface area contributed by atoms with Gasteiger partial charge in [0.05, 0.1) is 11.7 Å². The Kier molecular flexibility index (Phi) is 4.67. The van der Waals surface area contributed by atoms with E-state index in [4.69, 9.17) is 10.5 Å². The first kappa shape index (κ1) is 15.2. The highest BCUT2D eigenvalue weighted by atomic mass is 16.6. The normalized spacial score (nSPS) is 12.7. The molecule has 0 aromatic heterocycles. The smallest absolute Gasteiger partial charge is 0.412 e. The van der Waals surface area contributed by atoms with Crippen LogP contribution in [-0.4, -0.2) is 23.5 Å². The van der Waals surface area contributed by atoms with Crippen molar-refractivity contribution in [3.8, 4) is 0 Å². The number of ether oxygens (including phenoxy) is 1. The van der Waals surface area contributed by atoms with E-state index >= 15 is 0 Å². The Labute approximate surface area is 113 Å². The molecule has 1 unspecified atom stereocenters. The standard InChI is InChI=1S/C14H20N2O3/c1-9(15)12(17)10-7-5-6-8-11(10)16-13(18)19-14(2,3)4/h5-9H,15H2,1-4H3,(H,16,18). The predicted octanol–water partition coefficient (Wildman–Crippen LogP) is 2.56. The first-order valence-electron chi connectivity index (χ1n) is 6.09. The predicted molar refractivity (Wildman–Crippen MR) is 74.3 cm³/mol. The van der Waals surface area contributed by atoms with Gasteiger partial charge in [-0.05, 0) is 39.8 Å². The zero-order valence-corrected chi connectivity index (χ0v) is 11.7. The quantitative estimate of drug-likeness (QED) is 0.822. The van der Waals surface area contributed by atoms with Gasteiger partial charge >= 0.3 is 6.09 Å². The SMILES string of the molecule is CC(N)C(=O)c1ccccc1NC(=O)OC(C)(C)C. The molecular formula is C14H20N2O3. The fourth-order valence-electron chi connectivity index (χ4n) is 1.47. The van der Waals surface area contributed by atoms with Crippen LogP contribution in [0.3, 0.4) is 0 Å². The number of rotatable bonds is 3. The number of hydrogen-bond acceptors (Lipinski definition) is 4. The molecule has 1 amide bonds. The lowest BCUT2D eigenvalue weighted by Crippen LogP contribution is -2.30. The van der Waals surface area contributed by atoms with Crippen molar-refractivity contribution in [2.45, 2.75) is 39.3 Å². The highest BCUT2D eigenvalue weighted by Crippen LogP contribution is 2.18. The summed E-state index contributed by atoms with van der Waals surface area (Å²) in [6.45, 7) is 6.91. The molecule has 0 fully saturated rings. The second-order valence-electron chi connectivity index (χ2n) is 5.33. The van der Waals surface area contributed by atoms with Crippen LogP contribution in [0.15, 0.2) is 24.3 Å². The Morgan fingerprint density at radius 3 is 2.37 bits per heavy atom. The summed E-state index contributed by atoms with van der Waals surface area (Å²) < 4.78 is 5.14. The molecule has 5 nitrogen and oxygen atoms in total. The summed E-state index contributed by atoms with van der Waals surface area (Å²) in [6.07, 6.45) is -0.600. The van der Waals surface area contributed by atoms with Gasteiger partial charge in [0, 0.05) is 5.56 Å². The van der Waals surface area contributed by atoms with Crippen molar-refractivity contribution in [2.75, 3.05) is 5.32 Å². The van der Waals surface area contributed by atoms with E-state index in [0.29, 0.717) is 11.3 Å². The number of carbonyl (C=O) groups is 2. The molecule has 19 heavy (non-hydrogen) atoms. The van der Waals surface area contributed by atoms with Crippen LogP contribution in [0, 0.1) is 0 Å². The van der Waals surface area contributed by atoms with Crippen molar-refractivity contribution in [2.24, 2.45) is 5.73 Å². The van der Waals surface area contributed by atoms with E-state index in [9.17, 15) is 9.59 Å². The minimum Gasteiger partial charge on any atom is -0.444 e. The van der Waals surface area contributed by atoms with Crippen LogP contribution < -0.4 is 11.1 Å². The molecular weight excluding hydrogens is 244 g/mol. The molecule has 0 aliphatic heterocycles. The Balaban J connectivity index is 2.90. The molecule has 0 saturated carbocycles. The van der Waals surface area contributed by atoms with E-state index in [1.165, 1.54) is 0 Å². The average molecular weight is 264 g/mol. The van der Waals surface area contributed by atoms with Gasteiger partial charge in [-0.3, -0.25) is 10.1 Å². The van der Waals surface area contributed by atoms with Gasteiger partial charge in [-0.1, -0.05) is 12.1 Å². The number of benzene rings is 1. The van der Waals surface area contributed by atoms with Gasteiger partial charge in [0.1, 0.15) is 5.60 Å². The topological polar surface area (TPSA) is 81.4 Å². The fraction of sp³-hybridized carbons (Fsp3) is 0.429. The molecule has 1 atom stereocenters. The lowest BCUT2D eigenvalue weighted by Gasteiger charge is -2.20. The average Bonchev–Trinajstić information content (AvgIpc) is 2.26. The lowest BCUT2D eigenvalue weighted by atomic mass is 10.0. The third-order valence-corrected chi connectivity index (χ3v) is 2.24. The van der Waals surface area contributed by atoms with Crippen molar-refractivity contribution in [3.63, 3.8) is 0 Å². The summed E-state index contributed by atoms with van der Waals surface area (Å²) in [5.41, 5.74) is 5.76. The summed E-state index contributed by atoms with van der Waals surface area (Å²) in [4.78, 5) is 23.6. The van der Waals surface area contributed by atoms with Gasteiger partial charge in [0.15, 0.2) is 5.78 Å². The Morgan fingerprint density at radius 1 is 1.26 bits per heavy atom. The van der Waals surface area contributed by atoms with E-state index in [-0.39, 0.29) is 5.78 Å². The van der Waals surface area contributed by atoms with Gasteiger partial charge in [-0.25, -0.2) is 4.79 Å². The highest BCUT2D eigenvalue weighted by molar-refractivity contribution is 6.06. The first-order chi connectivity index (χ1) is 8.70. The minimum absolute atomic E-state index is 0.230. The Hall–Kier alpha value is -1.88. The van der Waals surface area contributed by atoms with E-state index in [2.05, 4.69) is 5.32 Å². The number of amides is 1. The van der Waals surface area contributed by atoms with Gasteiger partial charge in [-0.2, -0.15) is 0 Å². The van der Waals surface area contributed by atoms with Crippen molar-refractivity contribution >= 4 is 17.6 Å². The molecule has 3 N–H and O–H groups in total. The van der Waals surface area contributed by atoms with Gasteiger partial charge in [0.25, 0.3) is 0 Å². The zero-order chi connectivity index (χ0) is 14.6. The minimum atomic E-state index is -0.624. The maximum atomic E-state index is 11.9. The van der Waals surface area contributed by atoms with Crippen molar-refractivity contribution < 1.29 is 14.3 Å². The van der Waals surface area contributed by atoms with E-state index in [1.807, 2.05) is 0 Å². The summed E-state index contributed by atoms with van der Waals surface area (Å²) in [5.74, 6) is -0.230. The monoisotopic (exact) mass is 264 g/mol. The summed E-state index contributed by atoms with van der Waals surface area (Å²) >= 11 is 0. The molecule has 0 spiro atoms. The molecule has 1 rings (SSSR count). The third kappa shape index (κ3) is 4.71. The lowest BCUT2D eigenvalue weighted by molar-refractivity contribution is 0.0636. The molecule has 104 valence electrons. The molecule has 0 heterocycles. The maximum Gasteiger partial charge on any atom is 0.412 e. The second-order valence-corrected chi connectivity index (χ2v) is 5.33. The van der Waals surface area contributed by atoms with Crippen molar-refractivity contribution in [3.05, 3.63) is 29.8 Å². The molecule has 0 aliphatic rings. The van der Waals surface area contributed by atoms with Crippen LogP contribution in [0.5, 0.6) is 0 Å². The molecule has 1 aromatic rings. The Morgan fingerprint density at radius 2 is 1.84 bits per heavy atom. The number of carbonyl (C=O) groups excluding carboxylic acids is 2. The van der Waals surface area contributed by atoms with E-state index in [0.717, 1.165) is 0 Å². The maximum absolute atomic E-state index is 11.9. The zero-order valence-electron chi connectivity index (χ0n) is 11.7. The number of para-hydroxylation sites is 1. The van der Waals surface area contributed by atoms with Crippen LogP contribution >= 0.6 is 0 Å². The van der Waals surface area contributed by atoms with Crippen LogP contribution in [0.1, 0.15) is 38.1 Å². The number of nitrogens with one attached hydrogen (secondary N) is 1. The molecule has 0 radical (unpaired) electrons. The number of hydrogen-bond donors (Lipinski definition) is 2. The van der Waals surface area contributed by atoms with E-state index in [1.54, 1.807) is 52.0 Å². The van der Waals surface area contributed by atoms with Crippen molar-refractivity contribution in [1.29, 1.82) is 0 Å². The summed E-state index contributed by atoms with van der Waals surface area (Å²) in [6, 6.07) is 6.08. The van der Waals surface area contributed by atoms with Crippen LogP contribution in [0.4, 0.5) is 10.5 Å². The molecule has 5 heteroatoms. The number of nitrogens with two attached hydrogens (primary N) is 1. The molecule has 0 saturated heterocycles. The summed E-state index contributed by atoms with van der Waals surface area (Å²) in [7, 11) is 0. The van der Waals surface area contributed by atoms with Crippen LogP contribution in [0.2, 0.25) is 0 Å². The van der Waals surface area contributed by atoms with Gasteiger partial charge in [-0.15, -0.1) is 0 Å². The number of anilines is 1. The van der Waals surface area contributed by atoms with E-state index < -0.39 is 17.7 Å². The van der Waals surface area contributed by atoms with Gasteiger partial charge < -0.3 is 10.5 Å².